The van der Waals surface area contributed by atoms with Gasteiger partial charge in [-0.25, -0.2) is 0 Å². The van der Waals surface area contributed by atoms with Gasteiger partial charge in [-0.1, -0.05) is 13.8 Å². The molecule has 0 saturated carbocycles. The van der Waals surface area contributed by atoms with Crippen molar-refractivity contribution in [2.75, 3.05) is 13.9 Å². The first-order valence-electron chi connectivity index (χ1n) is 5.84. The summed E-state index contributed by atoms with van der Waals surface area (Å²) in [5.41, 5.74) is 7.19. The maximum absolute atomic E-state index is 6.07. The van der Waals surface area contributed by atoms with Crippen LogP contribution in [0, 0.1) is 5.92 Å². The van der Waals surface area contributed by atoms with E-state index in [0.717, 1.165) is 17.7 Å². The van der Waals surface area contributed by atoms with E-state index in [1.165, 1.54) is 0 Å². The van der Waals surface area contributed by atoms with E-state index < -0.39 is 0 Å². The Bertz CT molecular complexity index is 404. The summed E-state index contributed by atoms with van der Waals surface area (Å²) in [6.07, 6.45) is 0.810. The number of hydrogen-bond donors (Lipinski definition) is 1. The second-order valence-electron chi connectivity index (χ2n) is 4.64. The lowest BCUT2D eigenvalue weighted by Crippen LogP contribution is -2.28. The van der Waals surface area contributed by atoms with Crippen LogP contribution >= 0.6 is 0 Å². The zero-order valence-electron chi connectivity index (χ0n) is 10.5. The molecule has 0 bridgehead atoms. The van der Waals surface area contributed by atoms with Crippen molar-refractivity contribution in [2.24, 2.45) is 11.7 Å². The second kappa shape index (κ2) is 4.84. The molecule has 0 aromatic heterocycles. The Kier molecular flexibility index (Phi) is 3.43. The van der Waals surface area contributed by atoms with Gasteiger partial charge in [-0.2, -0.15) is 0 Å². The highest BCUT2D eigenvalue weighted by molar-refractivity contribution is 5.55. The topological polar surface area (TPSA) is 53.7 Å². The van der Waals surface area contributed by atoms with Crippen molar-refractivity contribution >= 4 is 0 Å². The highest BCUT2D eigenvalue weighted by atomic mass is 16.7. The van der Waals surface area contributed by atoms with Gasteiger partial charge in [0.2, 0.25) is 12.5 Å². The molecule has 2 rings (SSSR count). The second-order valence-corrected chi connectivity index (χ2v) is 4.64. The summed E-state index contributed by atoms with van der Waals surface area (Å²) in [6.45, 7) is 4.50. The highest BCUT2D eigenvalue weighted by Gasteiger charge is 2.21. The Morgan fingerprint density at radius 1 is 1.35 bits per heavy atom. The molecule has 1 aliphatic heterocycles. The summed E-state index contributed by atoms with van der Waals surface area (Å²) in [5, 5.41) is 0. The normalized spacial score (nSPS) is 15.1. The van der Waals surface area contributed by atoms with Crippen LogP contribution in [0.15, 0.2) is 12.1 Å². The Balaban J connectivity index is 2.24. The van der Waals surface area contributed by atoms with E-state index in [0.29, 0.717) is 17.4 Å². The number of methoxy groups -OCH3 is 1. The van der Waals surface area contributed by atoms with Gasteiger partial charge in [-0.05, 0) is 30.0 Å². The molecule has 4 nitrogen and oxygen atoms in total. The van der Waals surface area contributed by atoms with Crippen LogP contribution in [0.1, 0.15) is 19.4 Å². The molecule has 1 aliphatic rings. The van der Waals surface area contributed by atoms with Gasteiger partial charge in [0.1, 0.15) is 0 Å². The minimum Gasteiger partial charge on any atom is -0.493 e. The van der Waals surface area contributed by atoms with Gasteiger partial charge < -0.3 is 19.9 Å². The Morgan fingerprint density at radius 3 is 2.76 bits per heavy atom. The van der Waals surface area contributed by atoms with Gasteiger partial charge in [0, 0.05) is 6.04 Å². The van der Waals surface area contributed by atoms with Gasteiger partial charge in [-0.3, -0.25) is 0 Å². The van der Waals surface area contributed by atoms with Crippen LogP contribution in [0.25, 0.3) is 0 Å². The summed E-state index contributed by atoms with van der Waals surface area (Å²) in [6, 6.07) is 4.09. The van der Waals surface area contributed by atoms with Crippen LogP contribution < -0.4 is 19.9 Å². The molecular formula is C13H19NO3. The molecule has 0 saturated heterocycles. The molecule has 1 unspecified atom stereocenters. The van der Waals surface area contributed by atoms with Crippen molar-refractivity contribution in [1.82, 2.24) is 0 Å². The van der Waals surface area contributed by atoms with Gasteiger partial charge >= 0.3 is 0 Å². The molecular weight excluding hydrogens is 218 g/mol. The predicted octanol–water partition coefficient (Wildman–Crippen LogP) is 1.95. The standard InChI is InChI=1S/C13H19NO3/c1-8(2)10(14)4-9-5-11(15-3)13-12(6-9)16-7-17-13/h5-6,8,10H,4,7,14H2,1-3H3. The van der Waals surface area contributed by atoms with Crippen molar-refractivity contribution in [2.45, 2.75) is 26.3 Å². The molecule has 0 aliphatic carbocycles. The highest BCUT2D eigenvalue weighted by Crippen LogP contribution is 2.42. The SMILES string of the molecule is COc1cc(CC(N)C(C)C)cc2c1OCO2. The fraction of sp³-hybridized carbons (Fsp3) is 0.538. The number of nitrogens with two attached hydrogens (primary N) is 1. The molecule has 1 aromatic rings. The summed E-state index contributed by atoms with van der Waals surface area (Å²) in [7, 11) is 1.63. The van der Waals surface area contributed by atoms with Gasteiger partial charge in [-0.15, -0.1) is 0 Å². The van der Waals surface area contributed by atoms with Crippen LogP contribution in [-0.4, -0.2) is 19.9 Å². The van der Waals surface area contributed by atoms with E-state index in [4.69, 9.17) is 19.9 Å². The summed E-state index contributed by atoms with van der Waals surface area (Å²) >= 11 is 0. The molecule has 0 spiro atoms. The zero-order valence-corrected chi connectivity index (χ0v) is 10.5. The number of ether oxygens (including phenoxy) is 3. The monoisotopic (exact) mass is 237 g/mol. The fourth-order valence-electron chi connectivity index (χ4n) is 1.81. The molecule has 2 N–H and O–H groups in total. The molecule has 1 heterocycles. The lowest BCUT2D eigenvalue weighted by molar-refractivity contribution is 0.171. The van der Waals surface area contributed by atoms with E-state index in [-0.39, 0.29) is 12.8 Å². The third-order valence-corrected chi connectivity index (χ3v) is 3.05. The molecule has 4 heteroatoms. The first-order valence-corrected chi connectivity index (χ1v) is 5.84. The maximum atomic E-state index is 6.07. The number of fused-ring (bicyclic) bond motifs is 1. The van der Waals surface area contributed by atoms with E-state index >= 15 is 0 Å². The molecule has 0 amide bonds. The van der Waals surface area contributed by atoms with Crippen molar-refractivity contribution in [3.63, 3.8) is 0 Å². The van der Waals surface area contributed by atoms with Crippen LogP contribution in [0.3, 0.4) is 0 Å². The minimum atomic E-state index is 0.139. The quantitative estimate of drug-likeness (QED) is 0.869. The van der Waals surface area contributed by atoms with Crippen molar-refractivity contribution < 1.29 is 14.2 Å². The van der Waals surface area contributed by atoms with Crippen molar-refractivity contribution in [3.8, 4) is 17.2 Å². The van der Waals surface area contributed by atoms with Gasteiger partial charge in [0.25, 0.3) is 0 Å². The van der Waals surface area contributed by atoms with Gasteiger partial charge in [0.05, 0.1) is 7.11 Å². The molecule has 94 valence electrons. The van der Waals surface area contributed by atoms with E-state index in [9.17, 15) is 0 Å². The average molecular weight is 237 g/mol. The molecule has 1 atom stereocenters. The average Bonchev–Trinajstić information content (AvgIpc) is 2.75. The molecule has 0 fully saturated rings. The van der Waals surface area contributed by atoms with Gasteiger partial charge in [0.15, 0.2) is 11.5 Å². The summed E-state index contributed by atoms with van der Waals surface area (Å²) in [4.78, 5) is 0. The third kappa shape index (κ3) is 2.47. The Labute approximate surface area is 102 Å². The molecule has 0 radical (unpaired) electrons. The number of hydrogen-bond acceptors (Lipinski definition) is 4. The molecule has 1 aromatic carbocycles. The van der Waals surface area contributed by atoms with Crippen LogP contribution in [0.4, 0.5) is 0 Å². The maximum Gasteiger partial charge on any atom is 0.231 e. The predicted molar refractivity (Wildman–Crippen MR) is 65.6 cm³/mol. The van der Waals surface area contributed by atoms with Crippen molar-refractivity contribution in [1.29, 1.82) is 0 Å². The molecule has 17 heavy (non-hydrogen) atoms. The lowest BCUT2D eigenvalue weighted by Gasteiger charge is -2.16. The number of benzene rings is 1. The Morgan fingerprint density at radius 2 is 2.12 bits per heavy atom. The largest absolute Gasteiger partial charge is 0.493 e. The van der Waals surface area contributed by atoms with E-state index in [2.05, 4.69) is 13.8 Å². The van der Waals surface area contributed by atoms with Crippen molar-refractivity contribution in [3.05, 3.63) is 17.7 Å². The van der Waals surface area contributed by atoms with E-state index in [1.54, 1.807) is 7.11 Å². The fourth-order valence-corrected chi connectivity index (χ4v) is 1.81. The minimum absolute atomic E-state index is 0.139. The van der Waals surface area contributed by atoms with E-state index in [1.807, 2.05) is 12.1 Å². The number of rotatable bonds is 4. The zero-order chi connectivity index (χ0) is 12.4. The smallest absolute Gasteiger partial charge is 0.231 e. The lowest BCUT2D eigenvalue weighted by atomic mass is 9.97. The summed E-state index contributed by atoms with van der Waals surface area (Å²) < 4.78 is 16.0. The third-order valence-electron chi connectivity index (χ3n) is 3.05. The first kappa shape index (κ1) is 12.0. The summed E-state index contributed by atoms with van der Waals surface area (Å²) in [5.74, 6) is 2.60. The first-order chi connectivity index (χ1) is 8.11. The van der Waals surface area contributed by atoms with Crippen LogP contribution in [0.5, 0.6) is 17.2 Å². The van der Waals surface area contributed by atoms with Crippen LogP contribution in [-0.2, 0) is 6.42 Å². The Hall–Kier alpha value is -1.42. The van der Waals surface area contributed by atoms with Crippen LogP contribution in [0.2, 0.25) is 0 Å².